The Bertz CT molecular complexity index is 2240. The molecule has 16 nitrogen and oxygen atoms in total. The molecule has 2 saturated heterocycles. The fraction of sp³-hybridized carbons (Fsp3) is 0.333. The van der Waals surface area contributed by atoms with Crippen molar-refractivity contribution in [2.45, 2.75) is 51.1 Å². The summed E-state index contributed by atoms with van der Waals surface area (Å²) >= 11 is 0. The fourth-order valence-corrected chi connectivity index (χ4v) is 7.42. The van der Waals surface area contributed by atoms with Gasteiger partial charge in [0, 0.05) is 68.7 Å². The number of rotatable bonds is 13. The molecule has 3 aromatic heterocycles. The fourth-order valence-electron chi connectivity index (χ4n) is 7.42. The highest BCUT2D eigenvalue weighted by atomic mass is 16.3. The van der Waals surface area contributed by atoms with Crippen LogP contribution in [-0.2, 0) is 20.9 Å². The van der Waals surface area contributed by atoms with Gasteiger partial charge in [0.1, 0.15) is 18.1 Å². The average Bonchev–Trinajstić information content (AvgIpc) is 3.97. The van der Waals surface area contributed by atoms with Crippen LogP contribution in [0.15, 0.2) is 77.8 Å². The zero-order valence-corrected chi connectivity index (χ0v) is 30.1. The molecule has 0 radical (unpaired) electrons. The van der Waals surface area contributed by atoms with E-state index in [1.807, 2.05) is 21.4 Å². The first-order valence-electron chi connectivity index (χ1n) is 18.5. The smallest absolute Gasteiger partial charge is 0.264 e. The number of furan rings is 1. The Balaban J connectivity index is 0.773. The number of fused-ring (bicyclic) bond motifs is 2. The largest absolute Gasteiger partial charge is 0.467 e. The minimum atomic E-state index is -1.01. The number of carbonyl (C=O) groups excluding carboxylic acids is 5. The van der Waals surface area contributed by atoms with Gasteiger partial charge in [-0.2, -0.15) is 0 Å². The number of unbranched alkanes of at least 4 members (excludes halogenated alkanes) is 2. The molecule has 1 atom stereocenters. The highest BCUT2D eigenvalue weighted by Gasteiger charge is 2.45. The number of carbonyl (C=O) groups is 5. The monoisotopic (exact) mass is 744 g/mol. The number of imide groups is 2. The molecule has 8 rings (SSSR count). The standard InChI is InChI=1S/C39H40N10O6/c50-32-15-14-31(36(52)44-32)49-37(53)28-7-4-8-30(34(28)38(49)54)40-16-3-1-2-9-33(51)47-19-17-46(18-20-47)26-12-10-25(11-13-26)29-23-42-39(48-24-43-45-35(29)48)41-22-27-6-5-21-55-27/h4-8,10-13,21,23-24,31,40H,1-3,9,14-20,22H2,(H,41,42)(H,44,50,52). The van der Waals surface area contributed by atoms with Gasteiger partial charge in [0.2, 0.25) is 23.7 Å². The summed E-state index contributed by atoms with van der Waals surface area (Å²) in [6.07, 6.45) is 8.03. The van der Waals surface area contributed by atoms with E-state index in [4.69, 9.17) is 4.42 Å². The molecule has 3 N–H and O–H groups in total. The number of nitrogens with zero attached hydrogens (tertiary/aromatic N) is 7. The van der Waals surface area contributed by atoms with Crippen LogP contribution >= 0.6 is 0 Å². The van der Waals surface area contributed by atoms with E-state index in [9.17, 15) is 24.0 Å². The van der Waals surface area contributed by atoms with Gasteiger partial charge >= 0.3 is 0 Å². The Morgan fingerprint density at radius 1 is 0.891 bits per heavy atom. The van der Waals surface area contributed by atoms with Crippen LogP contribution in [0.4, 0.5) is 17.3 Å². The van der Waals surface area contributed by atoms with Gasteiger partial charge in [-0.3, -0.25) is 38.6 Å². The number of hydrogen-bond acceptors (Lipinski definition) is 12. The normalized spacial score (nSPS) is 17.2. The molecule has 0 spiro atoms. The summed E-state index contributed by atoms with van der Waals surface area (Å²) in [5, 5.41) is 17.2. The lowest BCUT2D eigenvalue weighted by Crippen LogP contribution is -2.54. The number of aromatic nitrogens is 4. The number of nitrogens with one attached hydrogen (secondary N) is 3. The number of piperidine rings is 1. The molecule has 0 bridgehead atoms. The second-order valence-electron chi connectivity index (χ2n) is 13.8. The second-order valence-corrected chi connectivity index (χ2v) is 13.8. The summed E-state index contributed by atoms with van der Waals surface area (Å²) in [6.45, 7) is 3.83. The zero-order chi connectivity index (χ0) is 37.9. The van der Waals surface area contributed by atoms with E-state index < -0.39 is 29.7 Å². The maximum absolute atomic E-state index is 13.3. The number of piperazine rings is 1. The lowest BCUT2D eigenvalue weighted by Gasteiger charge is -2.36. The van der Waals surface area contributed by atoms with Gasteiger partial charge < -0.3 is 24.9 Å². The van der Waals surface area contributed by atoms with Crippen LogP contribution < -0.4 is 20.9 Å². The van der Waals surface area contributed by atoms with Crippen molar-refractivity contribution in [2.75, 3.05) is 48.3 Å². The number of anilines is 3. The molecule has 55 heavy (non-hydrogen) atoms. The van der Waals surface area contributed by atoms with E-state index in [0.29, 0.717) is 49.9 Å². The van der Waals surface area contributed by atoms with Crippen LogP contribution in [0.25, 0.3) is 16.8 Å². The van der Waals surface area contributed by atoms with Crippen molar-refractivity contribution in [2.24, 2.45) is 0 Å². The van der Waals surface area contributed by atoms with Crippen molar-refractivity contribution in [3.8, 4) is 11.1 Å². The Kier molecular flexibility index (Phi) is 9.93. The Labute approximate surface area is 315 Å². The van der Waals surface area contributed by atoms with Crippen LogP contribution in [0.1, 0.15) is 65.0 Å². The van der Waals surface area contributed by atoms with Crippen molar-refractivity contribution in [3.05, 3.63) is 90.3 Å². The van der Waals surface area contributed by atoms with E-state index in [2.05, 4.69) is 60.3 Å². The Hall–Kier alpha value is -6.58. The molecule has 16 heteroatoms. The third-order valence-corrected chi connectivity index (χ3v) is 10.4. The maximum atomic E-state index is 13.3. The van der Waals surface area contributed by atoms with Gasteiger partial charge in [0.15, 0.2) is 5.65 Å². The molecular formula is C39H40N10O6. The van der Waals surface area contributed by atoms with Crippen LogP contribution in [-0.4, -0.2) is 97.7 Å². The zero-order valence-electron chi connectivity index (χ0n) is 30.1. The van der Waals surface area contributed by atoms with Crippen LogP contribution in [0, 0.1) is 0 Å². The van der Waals surface area contributed by atoms with Gasteiger partial charge in [0.05, 0.1) is 23.9 Å². The topological polar surface area (TPSA) is 187 Å². The lowest BCUT2D eigenvalue weighted by molar-refractivity contribution is -0.136. The minimum Gasteiger partial charge on any atom is -0.467 e. The number of hydrogen-bond donors (Lipinski definition) is 3. The first kappa shape index (κ1) is 35.4. The quantitative estimate of drug-likeness (QED) is 0.117. The van der Waals surface area contributed by atoms with Crippen molar-refractivity contribution in [1.82, 2.24) is 34.7 Å². The second kappa shape index (κ2) is 15.4. The van der Waals surface area contributed by atoms with Crippen molar-refractivity contribution < 1.29 is 28.4 Å². The first-order chi connectivity index (χ1) is 26.9. The van der Waals surface area contributed by atoms with Crippen molar-refractivity contribution >= 4 is 52.5 Å². The third kappa shape index (κ3) is 7.22. The Morgan fingerprint density at radius 2 is 1.73 bits per heavy atom. The van der Waals surface area contributed by atoms with Gasteiger partial charge in [-0.25, -0.2) is 4.98 Å². The summed E-state index contributed by atoms with van der Waals surface area (Å²) in [6, 6.07) is 16.0. The molecule has 282 valence electrons. The predicted octanol–water partition coefficient (Wildman–Crippen LogP) is 3.72. The summed E-state index contributed by atoms with van der Waals surface area (Å²) in [4.78, 5) is 73.2. The summed E-state index contributed by atoms with van der Waals surface area (Å²) in [7, 11) is 0. The molecule has 1 unspecified atom stereocenters. The van der Waals surface area contributed by atoms with Gasteiger partial charge in [0.25, 0.3) is 11.8 Å². The molecule has 3 aliphatic rings. The molecule has 5 aromatic rings. The van der Waals surface area contributed by atoms with Crippen LogP contribution in [0.2, 0.25) is 0 Å². The molecule has 5 amide bonds. The molecular weight excluding hydrogens is 704 g/mol. The molecule has 2 aromatic carbocycles. The average molecular weight is 745 g/mol. The van der Waals surface area contributed by atoms with E-state index in [0.717, 1.165) is 59.8 Å². The highest BCUT2D eigenvalue weighted by molar-refractivity contribution is 6.25. The minimum absolute atomic E-state index is 0.0697. The molecule has 0 aliphatic carbocycles. The molecule has 6 heterocycles. The predicted molar refractivity (Wildman–Crippen MR) is 201 cm³/mol. The first-order valence-corrected chi connectivity index (χ1v) is 18.5. The van der Waals surface area contributed by atoms with Gasteiger partial charge in [-0.1, -0.05) is 24.6 Å². The summed E-state index contributed by atoms with van der Waals surface area (Å²) in [5.41, 5.74) is 4.64. The van der Waals surface area contributed by atoms with Crippen molar-refractivity contribution in [3.63, 3.8) is 0 Å². The van der Waals surface area contributed by atoms with Gasteiger partial charge in [-0.15, -0.1) is 10.2 Å². The maximum Gasteiger partial charge on any atom is 0.264 e. The van der Waals surface area contributed by atoms with E-state index in [1.54, 1.807) is 37.0 Å². The van der Waals surface area contributed by atoms with E-state index >= 15 is 0 Å². The van der Waals surface area contributed by atoms with Crippen LogP contribution in [0.5, 0.6) is 0 Å². The number of amides is 5. The molecule has 2 fully saturated rings. The van der Waals surface area contributed by atoms with Gasteiger partial charge in [-0.05, 0) is 61.2 Å². The third-order valence-electron chi connectivity index (χ3n) is 10.4. The molecule has 0 saturated carbocycles. The highest BCUT2D eigenvalue weighted by Crippen LogP contribution is 2.33. The lowest BCUT2D eigenvalue weighted by atomic mass is 10.0. The summed E-state index contributed by atoms with van der Waals surface area (Å²) in [5.74, 6) is -0.551. The van der Waals surface area contributed by atoms with Crippen LogP contribution in [0.3, 0.4) is 0 Å². The molecule has 3 aliphatic heterocycles. The van der Waals surface area contributed by atoms with Crippen molar-refractivity contribution in [1.29, 1.82) is 0 Å². The van der Waals surface area contributed by atoms with E-state index in [1.165, 1.54) is 0 Å². The SMILES string of the molecule is O=C1CCC(N2C(=O)c3cccc(NCCCCCC(=O)N4CCN(c5ccc(-c6cnc(NCc7ccco7)n7cnnc67)cc5)CC4)c3C2=O)C(=O)N1. The summed E-state index contributed by atoms with van der Waals surface area (Å²) < 4.78 is 7.23. The van der Waals surface area contributed by atoms with E-state index in [-0.39, 0.29) is 29.9 Å². The number of benzene rings is 2. The Morgan fingerprint density at radius 3 is 2.51 bits per heavy atom.